The average molecular weight is 392 g/mol. The first-order chi connectivity index (χ1) is 13.9. The van der Waals surface area contributed by atoms with Gasteiger partial charge >= 0.3 is 0 Å². The van der Waals surface area contributed by atoms with Crippen molar-refractivity contribution < 1.29 is 14.3 Å². The quantitative estimate of drug-likeness (QED) is 0.676. The zero-order valence-electron chi connectivity index (χ0n) is 17.5. The van der Waals surface area contributed by atoms with Crippen LogP contribution < -0.4 is 0 Å². The number of hydrogen-bond donors (Lipinski definition) is 0. The van der Waals surface area contributed by atoms with E-state index in [1.807, 2.05) is 12.1 Å². The van der Waals surface area contributed by atoms with Crippen molar-refractivity contribution in [3.8, 4) is 0 Å². The Bertz CT molecular complexity index is 881. The highest BCUT2D eigenvalue weighted by Gasteiger charge is 2.38. The Kier molecular flexibility index (Phi) is 5.30. The van der Waals surface area contributed by atoms with Gasteiger partial charge in [0.25, 0.3) is 11.8 Å². The highest BCUT2D eigenvalue weighted by Crippen LogP contribution is 2.40. The zero-order chi connectivity index (χ0) is 20.6. The molecule has 0 aliphatic carbocycles. The molecule has 4 rings (SSSR count). The lowest BCUT2D eigenvalue weighted by Crippen LogP contribution is -2.38. The first kappa shape index (κ1) is 19.8. The van der Waals surface area contributed by atoms with E-state index in [2.05, 4.69) is 45.0 Å². The fourth-order valence-electron chi connectivity index (χ4n) is 4.82. The van der Waals surface area contributed by atoms with E-state index in [1.54, 1.807) is 12.1 Å². The maximum Gasteiger partial charge on any atom is 0.261 e. The summed E-state index contributed by atoms with van der Waals surface area (Å²) in [5.41, 5.74) is 3.43. The summed E-state index contributed by atoms with van der Waals surface area (Å²) in [6.07, 6.45) is 2.76. The van der Waals surface area contributed by atoms with Gasteiger partial charge in [-0.05, 0) is 69.6 Å². The highest BCUT2D eigenvalue weighted by molar-refractivity contribution is 6.21. The number of amides is 2. The summed E-state index contributed by atoms with van der Waals surface area (Å²) in [4.78, 5) is 27.0. The van der Waals surface area contributed by atoms with E-state index in [-0.39, 0.29) is 17.4 Å². The highest BCUT2D eigenvalue weighted by atomic mass is 16.5. The number of carbonyl (C=O) groups is 2. The molecule has 4 nitrogen and oxygen atoms in total. The fraction of sp³-hybridized carbons (Fsp3) is 0.440. The summed E-state index contributed by atoms with van der Waals surface area (Å²) in [6, 6.07) is 15.8. The Labute approximate surface area is 172 Å². The molecule has 2 aliphatic heterocycles. The molecule has 1 fully saturated rings. The van der Waals surface area contributed by atoms with Crippen molar-refractivity contribution >= 4 is 11.8 Å². The van der Waals surface area contributed by atoms with Crippen LogP contribution in [0.4, 0.5) is 0 Å². The van der Waals surface area contributed by atoms with Crippen LogP contribution in [0.15, 0.2) is 48.5 Å². The number of ether oxygens (including phenoxy) is 1. The molecule has 1 saturated heterocycles. The van der Waals surface area contributed by atoms with Crippen LogP contribution in [0.5, 0.6) is 0 Å². The van der Waals surface area contributed by atoms with Crippen LogP contribution in [0.2, 0.25) is 0 Å². The van der Waals surface area contributed by atoms with Gasteiger partial charge in [-0.2, -0.15) is 0 Å². The summed E-state index contributed by atoms with van der Waals surface area (Å²) in [5.74, 6) is 0.431. The molecule has 0 N–H and O–H groups in total. The number of benzene rings is 2. The van der Waals surface area contributed by atoms with Crippen molar-refractivity contribution in [3.63, 3.8) is 0 Å². The maximum absolute atomic E-state index is 12.8. The lowest BCUT2D eigenvalue weighted by Gasteiger charge is -2.40. The second-order valence-corrected chi connectivity index (χ2v) is 8.97. The lowest BCUT2D eigenvalue weighted by atomic mass is 9.75. The standard InChI is InChI=1S/C25H29NO3/c1-17-8-10-18(11-9-17)20(19-13-15-29-25(2,3)16-19)12-14-26-23(27)21-6-4-5-7-22(21)24(26)28/h4-11,19-20H,12-16H2,1-3H3. The van der Waals surface area contributed by atoms with Crippen molar-refractivity contribution in [1.82, 2.24) is 4.90 Å². The Morgan fingerprint density at radius 3 is 2.24 bits per heavy atom. The number of fused-ring (bicyclic) bond motifs is 1. The third kappa shape index (κ3) is 3.99. The first-order valence-corrected chi connectivity index (χ1v) is 10.5. The zero-order valence-corrected chi connectivity index (χ0v) is 17.5. The minimum Gasteiger partial charge on any atom is -0.376 e. The summed E-state index contributed by atoms with van der Waals surface area (Å²) in [6.45, 7) is 7.59. The molecule has 2 aliphatic rings. The van der Waals surface area contributed by atoms with Crippen LogP contribution in [-0.2, 0) is 4.74 Å². The van der Waals surface area contributed by atoms with E-state index in [4.69, 9.17) is 4.74 Å². The van der Waals surface area contributed by atoms with E-state index < -0.39 is 0 Å². The van der Waals surface area contributed by atoms with Gasteiger partial charge < -0.3 is 4.74 Å². The van der Waals surface area contributed by atoms with Gasteiger partial charge in [0.2, 0.25) is 0 Å². The van der Waals surface area contributed by atoms with Crippen molar-refractivity contribution in [2.45, 2.75) is 51.6 Å². The van der Waals surface area contributed by atoms with Gasteiger partial charge in [-0.1, -0.05) is 42.0 Å². The van der Waals surface area contributed by atoms with Crippen LogP contribution in [-0.4, -0.2) is 35.5 Å². The second-order valence-electron chi connectivity index (χ2n) is 8.97. The summed E-state index contributed by atoms with van der Waals surface area (Å²) in [7, 11) is 0. The molecule has 152 valence electrons. The number of aryl methyl sites for hydroxylation is 1. The molecule has 2 atom stereocenters. The van der Waals surface area contributed by atoms with Crippen LogP contribution in [0.1, 0.15) is 70.9 Å². The van der Waals surface area contributed by atoms with E-state index >= 15 is 0 Å². The molecule has 2 aromatic rings. The van der Waals surface area contributed by atoms with Gasteiger partial charge in [-0.25, -0.2) is 0 Å². The van der Waals surface area contributed by atoms with E-state index in [9.17, 15) is 9.59 Å². The molecule has 0 saturated carbocycles. The van der Waals surface area contributed by atoms with Gasteiger partial charge in [-0.15, -0.1) is 0 Å². The van der Waals surface area contributed by atoms with Crippen LogP contribution >= 0.6 is 0 Å². The summed E-state index contributed by atoms with van der Waals surface area (Å²) < 4.78 is 5.94. The molecular formula is C25H29NO3. The molecule has 2 heterocycles. The summed E-state index contributed by atoms with van der Waals surface area (Å²) >= 11 is 0. The lowest BCUT2D eigenvalue weighted by molar-refractivity contribution is -0.0774. The number of carbonyl (C=O) groups excluding carboxylic acids is 2. The van der Waals surface area contributed by atoms with Crippen LogP contribution in [0.3, 0.4) is 0 Å². The predicted octanol–water partition coefficient (Wildman–Crippen LogP) is 4.97. The molecule has 2 amide bonds. The number of hydrogen-bond acceptors (Lipinski definition) is 3. The molecular weight excluding hydrogens is 362 g/mol. The Balaban J connectivity index is 1.55. The monoisotopic (exact) mass is 391 g/mol. The molecule has 2 aromatic carbocycles. The van der Waals surface area contributed by atoms with Crippen LogP contribution in [0.25, 0.3) is 0 Å². The summed E-state index contributed by atoms with van der Waals surface area (Å²) in [5, 5.41) is 0. The SMILES string of the molecule is Cc1ccc(C(CCN2C(=O)c3ccccc3C2=O)C2CCOC(C)(C)C2)cc1. The Morgan fingerprint density at radius 2 is 1.66 bits per heavy atom. The van der Waals surface area contributed by atoms with Crippen molar-refractivity contribution in [2.24, 2.45) is 5.92 Å². The van der Waals surface area contributed by atoms with Crippen molar-refractivity contribution in [2.75, 3.05) is 13.2 Å². The molecule has 0 radical (unpaired) electrons. The molecule has 29 heavy (non-hydrogen) atoms. The molecule has 4 heteroatoms. The van der Waals surface area contributed by atoms with Gasteiger partial charge in [0.15, 0.2) is 0 Å². The van der Waals surface area contributed by atoms with E-state index in [1.165, 1.54) is 16.0 Å². The topological polar surface area (TPSA) is 46.6 Å². The Hall–Kier alpha value is -2.46. The van der Waals surface area contributed by atoms with E-state index in [0.717, 1.165) is 25.9 Å². The Morgan fingerprint density at radius 1 is 1.03 bits per heavy atom. The average Bonchev–Trinajstić information content (AvgIpc) is 2.94. The minimum absolute atomic E-state index is 0.138. The fourth-order valence-corrected chi connectivity index (χ4v) is 4.82. The second kappa shape index (κ2) is 7.75. The van der Waals surface area contributed by atoms with Gasteiger partial charge in [0, 0.05) is 13.2 Å². The maximum atomic E-state index is 12.8. The van der Waals surface area contributed by atoms with Crippen LogP contribution in [0, 0.1) is 12.8 Å². The largest absolute Gasteiger partial charge is 0.376 e. The molecule has 2 unspecified atom stereocenters. The van der Waals surface area contributed by atoms with Gasteiger partial charge in [0.05, 0.1) is 16.7 Å². The normalized spacial score (nSPS) is 21.9. The number of rotatable bonds is 5. The predicted molar refractivity (Wildman–Crippen MR) is 113 cm³/mol. The van der Waals surface area contributed by atoms with Crippen molar-refractivity contribution in [1.29, 1.82) is 0 Å². The van der Waals surface area contributed by atoms with Gasteiger partial charge in [0.1, 0.15) is 0 Å². The smallest absolute Gasteiger partial charge is 0.261 e. The third-order valence-corrected chi connectivity index (χ3v) is 6.35. The first-order valence-electron chi connectivity index (χ1n) is 10.5. The molecule has 0 bridgehead atoms. The van der Waals surface area contributed by atoms with Crippen molar-refractivity contribution in [3.05, 3.63) is 70.8 Å². The minimum atomic E-state index is -0.166. The number of nitrogens with zero attached hydrogens (tertiary/aromatic N) is 1. The number of imide groups is 1. The molecule has 0 spiro atoms. The van der Waals surface area contributed by atoms with Gasteiger partial charge in [-0.3, -0.25) is 14.5 Å². The van der Waals surface area contributed by atoms with E-state index in [0.29, 0.717) is 29.5 Å². The molecule has 0 aromatic heterocycles. The third-order valence-electron chi connectivity index (χ3n) is 6.35.